The number of carbonyl (C=O) groups excluding carboxylic acids is 1. The maximum Gasteiger partial charge on any atom is 0.305 e. The van der Waals surface area contributed by atoms with Crippen LogP contribution in [0, 0.1) is 5.92 Å². The highest BCUT2D eigenvalue weighted by Gasteiger charge is 2.25. The van der Waals surface area contributed by atoms with E-state index in [1.54, 1.807) is 10.3 Å². The smallest absolute Gasteiger partial charge is 0.305 e. The van der Waals surface area contributed by atoms with Crippen LogP contribution >= 0.6 is 11.3 Å². The summed E-state index contributed by atoms with van der Waals surface area (Å²) in [5.74, 6) is -0.829. The minimum atomic E-state index is -0.903. The third kappa shape index (κ3) is 4.51. The normalized spacial score (nSPS) is 17.9. The Morgan fingerprint density at radius 2 is 2.32 bits per heavy atom. The standard InChI is InChI=1S/C15H22N2O4S/c1-10(2)8-17(6-5-13(18)19)15(20)11-9-22-14(16-11)12-4-3-7-21-12/h9-10,12H,3-8H2,1-2H3,(H,18,19). The van der Waals surface area contributed by atoms with E-state index in [0.717, 1.165) is 24.5 Å². The average molecular weight is 326 g/mol. The van der Waals surface area contributed by atoms with Crippen molar-refractivity contribution in [2.75, 3.05) is 19.7 Å². The number of carboxylic acids is 1. The second kappa shape index (κ2) is 7.69. The minimum absolute atomic E-state index is 0.00381. The third-order valence-corrected chi connectivity index (χ3v) is 4.35. The number of aliphatic carboxylic acids is 1. The Morgan fingerprint density at radius 3 is 2.91 bits per heavy atom. The fourth-order valence-electron chi connectivity index (χ4n) is 2.42. The summed E-state index contributed by atoms with van der Waals surface area (Å²) in [5, 5.41) is 11.4. The van der Waals surface area contributed by atoms with Crippen molar-refractivity contribution in [3.8, 4) is 0 Å². The highest BCUT2D eigenvalue weighted by atomic mass is 32.1. The van der Waals surface area contributed by atoms with E-state index in [0.29, 0.717) is 12.2 Å². The fraction of sp³-hybridized carbons (Fsp3) is 0.667. The molecule has 0 aromatic carbocycles. The maximum absolute atomic E-state index is 12.6. The van der Waals surface area contributed by atoms with Gasteiger partial charge in [0.25, 0.3) is 5.91 Å². The van der Waals surface area contributed by atoms with E-state index >= 15 is 0 Å². The molecule has 1 amide bonds. The zero-order valence-electron chi connectivity index (χ0n) is 12.9. The summed E-state index contributed by atoms with van der Waals surface area (Å²) in [6, 6.07) is 0. The Morgan fingerprint density at radius 1 is 1.55 bits per heavy atom. The molecule has 1 aliphatic heterocycles. The number of ether oxygens (including phenoxy) is 1. The van der Waals surface area contributed by atoms with Crippen LogP contribution in [0.3, 0.4) is 0 Å². The summed E-state index contributed by atoms with van der Waals surface area (Å²) in [4.78, 5) is 29.3. The van der Waals surface area contributed by atoms with Gasteiger partial charge in [-0.3, -0.25) is 9.59 Å². The van der Waals surface area contributed by atoms with Crippen LogP contribution in [-0.2, 0) is 9.53 Å². The van der Waals surface area contributed by atoms with E-state index in [1.807, 2.05) is 13.8 Å². The van der Waals surface area contributed by atoms with Gasteiger partial charge in [0.15, 0.2) is 0 Å². The molecule has 1 N–H and O–H groups in total. The SMILES string of the molecule is CC(C)CN(CCC(=O)O)C(=O)c1csc(C2CCCO2)n1. The van der Waals surface area contributed by atoms with E-state index in [1.165, 1.54) is 11.3 Å². The van der Waals surface area contributed by atoms with E-state index in [4.69, 9.17) is 9.84 Å². The number of carboxylic acid groups (broad SMARTS) is 1. The molecule has 1 atom stereocenters. The van der Waals surface area contributed by atoms with Crippen LogP contribution in [0.5, 0.6) is 0 Å². The Labute approximate surface area is 134 Å². The second-order valence-electron chi connectivity index (χ2n) is 5.86. The molecule has 0 bridgehead atoms. The summed E-state index contributed by atoms with van der Waals surface area (Å²) in [5.41, 5.74) is 0.390. The van der Waals surface area contributed by atoms with Crippen molar-refractivity contribution in [3.63, 3.8) is 0 Å². The number of nitrogens with zero attached hydrogens (tertiary/aromatic N) is 2. The van der Waals surface area contributed by atoms with Gasteiger partial charge < -0.3 is 14.7 Å². The van der Waals surface area contributed by atoms with Crippen molar-refractivity contribution < 1.29 is 19.4 Å². The van der Waals surface area contributed by atoms with Gasteiger partial charge in [0.05, 0.1) is 6.42 Å². The first-order valence-electron chi connectivity index (χ1n) is 7.55. The van der Waals surface area contributed by atoms with Gasteiger partial charge >= 0.3 is 5.97 Å². The lowest BCUT2D eigenvalue weighted by atomic mass is 10.2. The summed E-state index contributed by atoms with van der Waals surface area (Å²) >= 11 is 1.44. The largest absolute Gasteiger partial charge is 0.481 e. The molecule has 22 heavy (non-hydrogen) atoms. The Hall–Kier alpha value is -1.47. The van der Waals surface area contributed by atoms with Crippen LogP contribution in [0.1, 0.15) is 54.7 Å². The van der Waals surface area contributed by atoms with Crippen LogP contribution < -0.4 is 0 Å². The van der Waals surface area contributed by atoms with Gasteiger partial charge in [0.1, 0.15) is 16.8 Å². The quantitative estimate of drug-likeness (QED) is 0.833. The minimum Gasteiger partial charge on any atom is -0.481 e. The van der Waals surface area contributed by atoms with Gasteiger partial charge in [0.2, 0.25) is 0 Å². The molecule has 0 spiro atoms. The van der Waals surface area contributed by atoms with Crippen molar-refractivity contribution >= 4 is 23.2 Å². The molecule has 1 aromatic heterocycles. The molecule has 122 valence electrons. The van der Waals surface area contributed by atoms with Crippen molar-refractivity contribution in [2.45, 2.75) is 39.2 Å². The molecule has 0 aliphatic carbocycles. The topological polar surface area (TPSA) is 79.7 Å². The average Bonchev–Trinajstić information content (AvgIpc) is 3.11. The van der Waals surface area contributed by atoms with E-state index in [9.17, 15) is 9.59 Å². The van der Waals surface area contributed by atoms with E-state index in [-0.39, 0.29) is 30.9 Å². The number of hydrogen-bond acceptors (Lipinski definition) is 5. The summed E-state index contributed by atoms with van der Waals surface area (Å²) < 4.78 is 5.58. The Kier molecular flexibility index (Phi) is 5.90. The number of thiazole rings is 1. The molecule has 1 unspecified atom stereocenters. The molecule has 1 fully saturated rings. The molecule has 1 aliphatic rings. The number of aromatic nitrogens is 1. The van der Waals surface area contributed by atoms with Crippen molar-refractivity contribution in [1.29, 1.82) is 0 Å². The molecule has 2 heterocycles. The van der Waals surface area contributed by atoms with Crippen LogP contribution in [0.25, 0.3) is 0 Å². The fourth-order valence-corrected chi connectivity index (χ4v) is 3.29. The second-order valence-corrected chi connectivity index (χ2v) is 6.75. The van der Waals surface area contributed by atoms with Crippen molar-refractivity contribution in [3.05, 3.63) is 16.1 Å². The molecule has 2 rings (SSSR count). The zero-order chi connectivity index (χ0) is 16.1. The number of rotatable bonds is 7. The molecule has 6 nitrogen and oxygen atoms in total. The van der Waals surface area contributed by atoms with Gasteiger partial charge in [-0.05, 0) is 18.8 Å². The van der Waals surface area contributed by atoms with Crippen molar-refractivity contribution in [2.24, 2.45) is 5.92 Å². The maximum atomic E-state index is 12.6. The monoisotopic (exact) mass is 326 g/mol. The van der Waals surface area contributed by atoms with Gasteiger partial charge in [-0.2, -0.15) is 0 Å². The van der Waals surface area contributed by atoms with Crippen LogP contribution in [0.15, 0.2) is 5.38 Å². The Balaban J connectivity index is 2.06. The van der Waals surface area contributed by atoms with Gasteiger partial charge in [0, 0.05) is 25.1 Å². The van der Waals surface area contributed by atoms with E-state index in [2.05, 4.69) is 4.98 Å². The lowest BCUT2D eigenvalue weighted by Crippen LogP contribution is -2.36. The number of hydrogen-bond donors (Lipinski definition) is 1. The highest BCUT2D eigenvalue weighted by molar-refractivity contribution is 7.09. The van der Waals surface area contributed by atoms with Gasteiger partial charge in [-0.25, -0.2) is 4.98 Å². The summed E-state index contributed by atoms with van der Waals surface area (Å²) in [6.07, 6.45) is 1.91. The van der Waals surface area contributed by atoms with Crippen LogP contribution in [0.4, 0.5) is 0 Å². The van der Waals surface area contributed by atoms with Gasteiger partial charge in [-0.15, -0.1) is 11.3 Å². The molecule has 1 saturated heterocycles. The number of amides is 1. The highest BCUT2D eigenvalue weighted by Crippen LogP contribution is 2.30. The molecule has 0 saturated carbocycles. The first-order valence-corrected chi connectivity index (χ1v) is 8.43. The first-order chi connectivity index (χ1) is 10.5. The predicted molar refractivity (Wildman–Crippen MR) is 83.0 cm³/mol. The summed E-state index contributed by atoms with van der Waals surface area (Å²) in [6.45, 7) is 5.48. The third-order valence-electron chi connectivity index (χ3n) is 3.41. The predicted octanol–water partition coefficient (Wildman–Crippen LogP) is 2.57. The zero-order valence-corrected chi connectivity index (χ0v) is 13.8. The Bertz CT molecular complexity index is 523. The molecule has 1 aromatic rings. The first kappa shape index (κ1) is 16.9. The molecule has 0 radical (unpaired) electrons. The lowest BCUT2D eigenvalue weighted by molar-refractivity contribution is -0.137. The van der Waals surface area contributed by atoms with E-state index < -0.39 is 5.97 Å². The number of carbonyl (C=O) groups is 2. The molecular formula is C15H22N2O4S. The van der Waals surface area contributed by atoms with Crippen LogP contribution in [0.2, 0.25) is 0 Å². The van der Waals surface area contributed by atoms with Crippen LogP contribution in [-0.4, -0.2) is 46.6 Å². The van der Waals surface area contributed by atoms with Crippen molar-refractivity contribution in [1.82, 2.24) is 9.88 Å². The van der Waals surface area contributed by atoms with Gasteiger partial charge in [-0.1, -0.05) is 13.8 Å². The summed E-state index contributed by atoms with van der Waals surface area (Å²) in [7, 11) is 0. The lowest BCUT2D eigenvalue weighted by Gasteiger charge is -2.23. The molecular weight excluding hydrogens is 304 g/mol. The molecule has 7 heteroatoms.